The monoisotopic (exact) mass is 213 g/mol. The minimum atomic E-state index is -0.821. The van der Waals surface area contributed by atoms with Crippen LogP contribution in [0.2, 0.25) is 0 Å². The molecule has 14 heavy (non-hydrogen) atoms. The Labute approximate surface area is 85.0 Å². The van der Waals surface area contributed by atoms with Crippen molar-refractivity contribution in [3.05, 3.63) is 35.6 Å². The Balaban J connectivity index is 2.20. The summed E-state index contributed by atoms with van der Waals surface area (Å²) >= 11 is 0. The summed E-state index contributed by atoms with van der Waals surface area (Å²) in [5, 5.41) is 3.21. The van der Waals surface area contributed by atoms with Crippen LogP contribution < -0.4 is 5.32 Å². The lowest BCUT2D eigenvalue weighted by Crippen LogP contribution is -2.35. The first kappa shape index (κ1) is 9.80. The van der Waals surface area contributed by atoms with Crippen molar-refractivity contribution in [2.75, 3.05) is 18.8 Å². The van der Waals surface area contributed by atoms with E-state index >= 15 is 0 Å². The van der Waals surface area contributed by atoms with Crippen LogP contribution in [0, 0.1) is 5.82 Å². The third-order valence-corrected chi connectivity index (χ3v) is 4.05. The van der Waals surface area contributed by atoms with Crippen LogP contribution >= 0.6 is 0 Å². The van der Waals surface area contributed by atoms with E-state index in [9.17, 15) is 8.60 Å². The van der Waals surface area contributed by atoms with Crippen molar-refractivity contribution < 1.29 is 8.60 Å². The van der Waals surface area contributed by atoms with E-state index in [2.05, 4.69) is 5.32 Å². The van der Waals surface area contributed by atoms with Crippen LogP contribution in [0.4, 0.5) is 4.39 Å². The second-order valence-corrected chi connectivity index (χ2v) is 5.07. The fraction of sp³-hybridized carbons (Fsp3) is 0.400. The van der Waals surface area contributed by atoms with E-state index < -0.39 is 10.8 Å². The smallest absolute Gasteiger partial charge is 0.123 e. The van der Waals surface area contributed by atoms with Crippen molar-refractivity contribution in [2.45, 2.75) is 5.25 Å². The SMILES string of the molecule is O=S1CCNCC1c1ccc(F)cc1. The largest absolute Gasteiger partial charge is 0.314 e. The first-order chi connectivity index (χ1) is 6.77. The number of rotatable bonds is 1. The quantitative estimate of drug-likeness (QED) is 0.760. The zero-order chi connectivity index (χ0) is 9.97. The van der Waals surface area contributed by atoms with Crippen molar-refractivity contribution in [2.24, 2.45) is 0 Å². The molecule has 1 aliphatic rings. The van der Waals surface area contributed by atoms with E-state index in [1.54, 1.807) is 12.1 Å². The van der Waals surface area contributed by atoms with Gasteiger partial charge in [-0.25, -0.2) is 4.39 Å². The van der Waals surface area contributed by atoms with Gasteiger partial charge in [0, 0.05) is 29.6 Å². The van der Waals surface area contributed by atoms with Gasteiger partial charge in [-0.1, -0.05) is 12.1 Å². The molecule has 4 heteroatoms. The van der Waals surface area contributed by atoms with Crippen molar-refractivity contribution in [1.82, 2.24) is 5.32 Å². The Morgan fingerprint density at radius 2 is 2.07 bits per heavy atom. The molecule has 0 spiro atoms. The van der Waals surface area contributed by atoms with Crippen molar-refractivity contribution >= 4 is 10.8 Å². The first-order valence-corrected chi connectivity index (χ1v) is 5.99. The maximum atomic E-state index is 12.7. The normalized spacial score (nSPS) is 27.5. The van der Waals surface area contributed by atoms with E-state index in [0.29, 0.717) is 5.75 Å². The van der Waals surface area contributed by atoms with Gasteiger partial charge >= 0.3 is 0 Å². The van der Waals surface area contributed by atoms with Gasteiger partial charge in [0.2, 0.25) is 0 Å². The summed E-state index contributed by atoms with van der Waals surface area (Å²) in [6.07, 6.45) is 0. The maximum absolute atomic E-state index is 12.7. The molecular weight excluding hydrogens is 201 g/mol. The van der Waals surface area contributed by atoms with Gasteiger partial charge in [-0.05, 0) is 17.7 Å². The van der Waals surface area contributed by atoms with Gasteiger partial charge in [0.1, 0.15) is 5.82 Å². The minimum Gasteiger partial charge on any atom is -0.314 e. The van der Waals surface area contributed by atoms with Crippen LogP contribution in [0.25, 0.3) is 0 Å². The molecule has 1 aromatic rings. The molecular formula is C10H12FNOS. The van der Waals surface area contributed by atoms with E-state index in [-0.39, 0.29) is 11.1 Å². The molecule has 0 saturated carbocycles. The van der Waals surface area contributed by atoms with Gasteiger partial charge in [-0.15, -0.1) is 0 Å². The lowest BCUT2D eigenvalue weighted by atomic mass is 10.1. The highest BCUT2D eigenvalue weighted by atomic mass is 32.2. The zero-order valence-corrected chi connectivity index (χ0v) is 8.52. The summed E-state index contributed by atoms with van der Waals surface area (Å²) in [6.45, 7) is 1.53. The van der Waals surface area contributed by atoms with Gasteiger partial charge in [-0.2, -0.15) is 0 Å². The highest BCUT2D eigenvalue weighted by Gasteiger charge is 2.21. The third-order valence-electron chi connectivity index (χ3n) is 2.37. The fourth-order valence-corrected chi connectivity index (χ4v) is 2.98. The Bertz CT molecular complexity index is 338. The number of nitrogens with one attached hydrogen (secondary N) is 1. The number of benzene rings is 1. The molecule has 1 fully saturated rings. The average molecular weight is 213 g/mol. The molecule has 1 saturated heterocycles. The summed E-state index contributed by atoms with van der Waals surface area (Å²) in [5.74, 6) is 0.436. The molecule has 2 nitrogen and oxygen atoms in total. The molecule has 0 amide bonds. The van der Waals surface area contributed by atoms with Crippen LogP contribution in [0.5, 0.6) is 0 Å². The molecule has 0 radical (unpaired) electrons. The maximum Gasteiger partial charge on any atom is 0.123 e. The Kier molecular flexibility index (Phi) is 2.93. The molecule has 0 aliphatic carbocycles. The molecule has 2 unspecified atom stereocenters. The van der Waals surface area contributed by atoms with E-state index in [0.717, 1.165) is 18.7 Å². The topological polar surface area (TPSA) is 29.1 Å². The lowest BCUT2D eigenvalue weighted by Gasteiger charge is -2.22. The van der Waals surface area contributed by atoms with Gasteiger partial charge in [-0.3, -0.25) is 4.21 Å². The molecule has 0 aromatic heterocycles. The first-order valence-electron chi connectivity index (χ1n) is 4.61. The standard InChI is InChI=1S/C10H12FNOS/c11-9-3-1-8(2-4-9)10-7-12-5-6-14(10)13/h1-4,10,12H,5-7H2. The van der Waals surface area contributed by atoms with Crippen molar-refractivity contribution in [1.29, 1.82) is 0 Å². The van der Waals surface area contributed by atoms with Crippen molar-refractivity contribution in [3.63, 3.8) is 0 Å². The van der Waals surface area contributed by atoms with Crippen LogP contribution in [-0.4, -0.2) is 23.1 Å². The molecule has 76 valence electrons. The van der Waals surface area contributed by atoms with Crippen molar-refractivity contribution in [3.8, 4) is 0 Å². The van der Waals surface area contributed by atoms with E-state index in [1.165, 1.54) is 12.1 Å². The van der Waals surface area contributed by atoms with Crippen LogP contribution in [0.1, 0.15) is 10.8 Å². The minimum absolute atomic E-state index is 0.0179. The lowest BCUT2D eigenvalue weighted by molar-refractivity contribution is 0.616. The second-order valence-electron chi connectivity index (χ2n) is 3.33. The van der Waals surface area contributed by atoms with Gasteiger partial charge in [0.15, 0.2) is 0 Å². The van der Waals surface area contributed by atoms with Gasteiger partial charge < -0.3 is 5.32 Å². The molecule has 2 atom stereocenters. The fourth-order valence-electron chi connectivity index (χ4n) is 1.59. The Morgan fingerprint density at radius 1 is 1.36 bits per heavy atom. The molecule has 1 aliphatic heterocycles. The summed E-state index contributed by atoms with van der Waals surface area (Å²) in [4.78, 5) is 0. The molecule has 1 N–H and O–H groups in total. The molecule has 1 aromatic carbocycles. The summed E-state index contributed by atoms with van der Waals surface area (Å²) in [5.41, 5.74) is 0.955. The van der Waals surface area contributed by atoms with Crippen LogP contribution in [0.3, 0.4) is 0 Å². The van der Waals surface area contributed by atoms with Crippen LogP contribution in [-0.2, 0) is 10.8 Å². The average Bonchev–Trinajstić information content (AvgIpc) is 2.20. The second kappa shape index (κ2) is 4.19. The highest BCUT2D eigenvalue weighted by Crippen LogP contribution is 2.21. The van der Waals surface area contributed by atoms with Gasteiger partial charge in [0.05, 0.1) is 5.25 Å². The molecule has 0 bridgehead atoms. The van der Waals surface area contributed by atoms with Crippen LogP contribution in [0.15, 0.2) is 24.3 Å². The predicted molar refractivity (Wildman–Crippen MR) is 55.0 cm³/mol. The van der Waals surface area contributed by atoms with E-state index in [1.807, 2.05) is 0 Å². The Hall–Kier alpha value is -0.740. The van der Waals surface area contributed by atoms with E-state index in [4.69, 9.17) is 0 Å². The predicted octanol–water partition coefficient (Wildman–Crippen LogP) is 1.22. The summed E-state index contributed by atoms with van der Waals surface area (Å²) < 4.78 is 24.3. The molecule has 2 rings (SSSR count). The number of hydrogen-bond acceptors (Lipinski definition) is 2. The highest BCUT2D eigenvalue weighted by molar-refractivity contribution is 7.85. The zero-order valence-electron chi connectivity index (χ0n) is 7.70. The Morgan fingerprint density at radius 3 is 2.71 bits per heavy atom. The number of halogens is 1. The van der Waals surface area contributed by atoms with Gasteiger partial charge in [0.25, 0.3) is 0 Å². The number of hydrogen-bond donors (Lipinski definition) is 1. The third kappa shape index (κ3) is 2.01. The summed E-state index contributed by atoms with van der Waals surface area (Å²) in [7, 11) is -0.821. The summed E-state index contributed by atoms with van der Waals surface area (Å²) in [6, 6.07) is 6.26. The molecule has 1 heterocycles.